The van der Waals surface area contributed by atoms with Gasteiger partial charge in [0.15, 0.2) is 0 Å². The second-order valence-corrected chi connectivity index (χ2v) is 5.14. The van der Waals surface area contributed by atoms with Crippen molar-refractivity contribution in [1.29, 1.82) is 0 Å². The molecule has 1 aliphatic rings. The maximum atomic E-state index is 5.95. The Balaban J connectivity index is 2.08. The summed E-state index contributed by atoms with van der Waals surface area (Å²) in [6, 6.07) is 2.74. The van der Waals surface area contributed by atoms with Crippen LogP contribution in [-0.2, 0) is 0 Å². The third-order valence-electron chi connectivity index (χ3n) is 3.04. The maximum absolute atomic E-state index is 5.95. The summed E-state index contributed by atoms with van der Waals surface area (Å²) in [4.78, 5) is 8.54. The summed E-state index contributed by atoms with van der Waals surface area (Å²) in [6.07, 6.45) is 1.89. The summed E-state index contributed by atoms with van der Waals surface area (Å²) >= 11 is 5.95. The van der Waals surface area contributed by atoms with E-state index in [1.165, 1.54) is 0 Å². The summed E-state index contributed by atoms with van der Waals surface area (Å²) in [5.74, 6) is 0. The lowest BCUT2D eigenvalue weighted by atomic mass is 10.2. The highest BCUT2D eigenvalue weighted by molar-refractivity contribution is 6.29. The van der Waals surface area contributed by atoms with Gasteiger partial charge in [0.2, 0.25) is 0 Å². The molecule has 0 atom stereocenters. The van der Waals surface area contributed by atoms with Gasteiger partial charge in [0, 0.05) is 25.2 Å². The molecule has 3 heterocycles. The van der Waals surface area contributed by atoms with Gasteiger partial charge in [0.05, 0.1) is 11.7 Å². The van der Waals surface area contributed by atoms with Crippen LogP contribution >= 0.6 is 11.6 Å². The Morgan fingerprint density at radius 2 is 2.28 bits per heavy atom. The fourth-order valence-corrected chi connectivity index (χ4v) is 2.18. The fraction of sp³-hybridized carbons (Fsp3) is 0.500. The molecule has 1 aliphatic heterocycles. The first-order valence-corrected chi connectivity index (χ1v) is 6.44. The van der Waals surface area contributed by atoms with Crippen molar-refractivity contribution in [1.82, 2.24) is 19.9 Å². The van der Waals surface area contributed by atoms with Crippen LogP contribution in [0.25, 0.3) is 11.0 Å². The van der Waals surface area contributed by atoms with E-state index in [-0.39, 0.29) is 12.1 Å². The summed E-state index contributed by atoms with van der Waals surface area (Å²) in [5, 5.41) is 3.65. The van der Waals surface area contributed by atoms with Crippen molar-refractivity contribution >= 4 is 22.6 Å². The smallest absolute Gasteiger partial charge is 0.298 e. The van der Waals surface area contributed by atoms with Crippen molar-refractivity contribution in [3.05, 3.63) is 17.4 Å². The van der Waals surface area contributed by atoms with Crippen LogP contribution in [0.15, 0.2) is 12.3 Å². The van der Waals surface area contributed by atoms with Crippen molar-refractivity contribution in [3.63, 3.8) is 0 Å². The number of ether oxygens (including phenoxy) is 1. The zero-order valence-corrected chi connectivity index (χ0v) is 11.1. The van der Waals surface area contributed by atoms with E-state index in [0.717, 1.165) is 24.1 Å². The molecule has 0 saturated carbocycles. The largest absolute Gasteiger partial charge is 0.459 e. The standard InChI is InChI=1S/C12H15ClN4O/c1-7(2)17-10-3-11(13)15-6-9(10)16-12(17)18-8-4-14-5-8/h3,6-8,14H,4-5H2,1-2H3. The third kappa shape index (κ3) is 1.93. The number of halogens is 1. The summed E-state index contributed by atoms with van der Waals surface area (Å²) in [6.45, 7) is 5.95. The number of rotatable bonds is 3. The molecule has 18 heavy (non-hydrogen) atoms. The van der Waals surface area contributed by atoms with E-state index >= 15 is 0 Å². The van der Waals surface area contributed by atoms with E-state index in [0.29, 0.717) is 11.2 Å². The zero-order valence-electron chi connectivity index (χ0n) is 10.4. The molecule has 0 aliphatic carbocycles. The van der Waals surface area contributed by atoms with Crippen LogP contribution in [0.5, 0.6) is 6.01 Å². The Hall–Kier alpha value is -1.33. The molecule has 1 saturated heterocycles. The van der Waals surface area contributed by atoms with Crippen LogP contribution < -0.4 is 10.1 Å². The number of imidazole rings is 1. The summed E-state index contributed by atoms with van der Waals surface area (Å²) < 4.78 is 7.94. The molecular weight excluding hydrogens is 252 g/mol. The van der Waals surface area contributed by atoms with E-state index in [1.807, 2.05) is 6.07 Å². The van der Waals surface area contributed by atoms with Crippen LogP contribution in [0.1, 0.15) is 19.9 Å². The summed E-state index contributed by atoms with van der Waals surface area (Å²) in [5.41, 5.74) is 1.78. The van der Waals surface area contributed by atoms with Gasteiger partial charge in [-0.25, -0.2) is 4.98 Å². The molecule has 0 radical (unpaired) electrons. The molecule has 96 valence electrons. The quantitative estimate of drug-likeness (QED) is 0.864. The monoisotopic (exact) mass is 266 g/mol. The number of pyridine rings is 1. The van der Waals surface area contributed by atoms with E-state index in [9.17, 15) is 0 Å². The lowest BCUT2D eigenvalue weighted by Crippen LogP contribution is -2.50. The molecule has 2 aromatic rings. The number of fused-ring (bicyclic) bond motifs is 1. The Morgan fingerprint density at radius 1 is 1.50 bits per heavy atom. The van der Waals surface area contributed by atoms with E-state index in [4.69, 9.17) is 16.3 Å². The van der Waals surface area contributed by atoms with Gasteiger partial charge in [-0.2, -0.15) is 4.98 Å². The van der Waals surface area contributed by atoms with Gasteiger partial charge < -0.3 is 10.1 Å². The average molecular weight is 267 g/mol. The minimum Gasteiger partial charge on any atom is -0.459 e. The number of hydrogen-bond acceptors (Lipinski definition) is 4. The Kier molecular flexibility index (Phi) is 2.87. The molecule has 1 fully saturated rings. The minimum atomic E-state index is 0.211. The molecule has 0 spiro atoms. The molecule has 2 aromatic heterocycles. The second-order valence-electron chi connectivity index (χ2n) is 4.75. The highest BCUT2D eigenvalue weighted by Crippen LogP contribution is 2.27. The highest BCUT2D eigenvalue weighted by atomic mass is 35.5. The fourth-order valence-electron chi connectivity index (χ4n) is 2.03. The van der Waals surface area contributed by atoms with Crippen molar-refractivity contribution in [3.8, 4) is 6.01 Å². The lowest BCUT2D eigenvalue weighted by Gasteiger charge is -2.27. The maximum Gasteiger partial charge on any atom is 0.298 e. The minimum absolute atomic E-state index is 0.211. The number of nitrogens with one attached hydrogen (secondary N) is 1. The second kappa shape index (κ2) is 4.40. The van der Waals surface area contributed by atoms with E-state index in [2.05, 4.69) is 33.7 Å². The molecule has 6 heteroatoms. The van der Waals surface area contributed by atoms with Gasteiger partial charge in [-0.15, -0.1) is 0 Å². The van der Waals surface area contributed by atoms with Gasteiger partial charge in [0.25, 0.3) is 6.01 Å². The lowest BCUT2D eigenvalue weighted by molar-refractivity contribution is 0.123. The molecular formula is C12H15ClN4O. The van der Waals surface area contributed by atoms with Gasteiger partial charge in [-0.05, 0) is 13.8 Å². The topological polar surface area (TPSA) is 52.0 Å². The molecule has 0 aromatic carbocycles. The Bertz CT molecular complexity index is 577. The van der Waals surface area contributed by atoms with Crippen LogP contribution in [0.4, 0.5) is 0 Å². The molecule has 0 amide bonds. The Labute approximate surface area is 110 Å². The number of aromatic nitrogens is 3. The van der Waals surface area contributed by atoms with Gasteiger partial charge in [-0.3, -0.25) is 4.57 Å². The van der Waals surface area contributed by atoms with E-state index in [1.54, 1.807) is 6.20 Å². The van der Waals surface area contributed by atoms with Gasteiger partial charge in [0.1, 0.15) is 16.8 Å². The molecule has 0 bridgehead atoms. The normalized spacial score (nSPS) is 16.2. The Morgan fingerprint density at radius 3 is 2.89 bits per heavy atom. The summed E-state index contributed by atoms with van der Waals surface area (Å²) in [7, 11) is 0. The van der Waals surface area contributed by atoms with Crippen molar-refractivity contribution in [2.75, 3.05) is 13.1 Å². The molecule has 5 nitrogen and oxygen atoms in total. The predicted octanol–water partition coefficient (Wildman–Crippen LogP) is 2.02. The van der Waals surface area contributed by atoms with Crippen LogP contribution in [0.2, 0.25) is 5.15 Å². The number of hydrogen-bond donors (Lipinski definition) is 1. The molecule has 3 rings (SSSR count). The first-order valence-electron chi connectivity index (χ1n) is 6.06. The zero-order chi connectivity index (χ0) is 12.7. The highest BCUT2D eigenvalue weighted by Gasteiger charge is 2.23. The van der Waals surface area contributed by atoms with Gasteiger partial charge in [-0.1, -0.05) is 11.6 Å². The third-order valence-corrected chi connectivity index (χ3v) is 3.25. The van der Waals surface area contributed by atoms with Crippen molar-refractivity contribution < 1.29 is 4.74 Å². The van der Waals surface area contributed by atoms with Crippen LogP contribution in [0.3, 0.4) is 0 Å². The van der Waals surface area contributed by atoms with Crippen LogP contribution in [0, 0.1) is 0 Å². The van der Waals surface area contributed by atoms with Crippen molar-refractivity contribution in [2.45, 2.75) is 26.0 Å². The van der Waals surface area contributed by atoms with Crippen LogP contribution in [-0.4, -0.2) is 33.7 Å². The van der Waals surface area contributed by atoms with Gasteiger partial charge >= 0.3 is 0 Å². The molecule has 1 N–H and O–H groups in total. The first kappa shape index (κ1) is 11.7. The SMILES string of the molecule is CC(C)n1c(OC2CNC2)nc2cnc(Cl)cc21. The first-order chi connectivity index (χ1) is 8.65. The average Bonchev–Trinajstić information content (AvgIpc) is 2.60. The van der Waals surface area contributed by atoms with Crippen molar-refractivity contribution in [2.24, 2.45) is 0 Å². The number of nitrogens with zero attached hydrogens (tertiary/aromatic N) is 3. The molecule has 0 unspecified atom stereocenters. The van der Waals surface area contributed by atoms with E-state index < -0.39 is 0 Å². The predicted molar refractivity (Wildman–Crippen MR) is 70.2 cm³/mol.